The monoisotopic (exact) mass is 620 g/mol. The molecule has 1 aliphatic heterocycles. The Labute approximate surface area is 267 Å². The summed E-state index contributed by atoms with van der Waals surface area (Å²) < 4.78 is 10.1. The SMILES string of the molecule is COc1cc(C(=O)N2C[C@H](N)CCN2C)cc2nc(-c3cc4ccc([C@@H](C)NC(=O)c5ccccc5)nc4n3CC3CC3)n(C)c12. The summed E-state index contributed by atoms with van der Waals surface area (Å²) in [5.41, 5.74) is 11.4. The second-order valence-corrected chi connectivity index (χ2v) is 12.7. The number of benzene rings is 2. The largest absolute Gasteiger partial charge is 0.494 e. The van der Waals surface area contributed by atoms with Crippen LogP contribution in [0.2, 0.25) is 0 Å². The van der Waals surface area contributed by atoms with Crippen LogP contribution in [0.1, 0.15) is 58.6 Å². The molecule has 11 heteroatoms. The van der Waals surface area contributed by atoms with Gasteiger partial charge in [0.25, 0.3) is 11.8 Å². The van der Waals surface area contributed by atoms with Gasteiger partial charge in [0, 0.05) is 49.7 Å². The average Bonchev–Trinajstić information content (AvgIpc) is 3.74. The number of hydrogen-bond donors (Lipinski definition) is 2. The molecule has 2 amide bonds. The van der Waals surface area contributed by atoms with Gasteiger partial charge in [-0.05, 0) is 74.6 Å². The highest BCUT2D eigenvalue weighted by atomic mass is 16.5. The van der Waals surface area contributed by atoms with Crippen molar-refractivity contribution < 1.29 is 14.3 Å². The third kappa shape index (κ3) is 5.50. The number of aromatic nitrogens is 4. The Morgan fingerprint density at radius 1 is 1.02 bits per heavy atom. The van der Waals surface area contributed by atoms with E-state index in [1.165, 1.54) is 12.8 Å². The fourth-order valence-corrected chi connectivity index (χ4v) is 6.39. The van der Waals surface area contributed by atoms with Crippen molar-refractivity contribution in [3.8, 4) is 17.3 Å². The molecule has 0 bridgehead atoms. The number of hydrazine groups is 1. The minimum atomic E-state index is -0.283. The number of methoxy groups -OCH3 is 1. The van der Waals surface area contributed by atoms with Crippen LogP contribution in [0.15, 0.2) is 60.7 Å². The van der Waals surface area contributed by atoms with Gasteiger partial charge in [-0.3, -0.25) is 14.6 Å². The highest BCUT2D eigenvalue weighted by Gasteiger charge is 2.30. The Kier molecular flexibility index (Phi) is 7.74. The molecule has 2 aromatic carbocycles. The number of imidazole rings is 1. The van der Waals surface area contributed by atoms with Gasteiger partial charge < -0.3 is 24.9 Å². The molecule has 3 aromatic heterocycles. The first-order chi connectivity index (χ1) is 22.2. The first kappa shape index (κ1) is 29.9. The van der Waals surface area contributed by atoms with E-state index >= 15 is 0 Å². The Balaban J connectivity index is 1.27. The van der Waals surface area contributed by atoms with Crippen molar-refractivity contribution in [2.75, 3.05) is 27.2 Å². The molecule has 3 N–H and O–H groups in total. The summed E-state index contributed by atoms with van der Waals surface area (Å²) in [7, 11) is 5.51. The zero-order valence-electron chi connectivity index (χ0n) is 26.7. The Morgan fingerprint density at radius 3 is 2.54 bits per heavy atom. The maximum Gasteiger partial charge on any atom is 0.268 e. The van der Waals surface area contributed by atoms with Gasteiger partial charge >= 0.3 is 0 Å². The van der Waals surface area contributed by atoms with E-state index in [4.69, 9.17) is 20.4 Å². The first-order valence-electron chi connectivity index (χ1n) is 15.9. The number of aryl methyl sites for hydroxylation is 1. The standard InChI is InChI=1S/C35H40N8O3/c1-21(37-34(44)23-8-6-5-7-9-23)27-13-12-24-17-29(42(32(24)38-27)19-22-10-11-22)33-39-28-16-25(18-30(46-4)31(28)41(33)3)35(45)43-20-26(36)14-15-40(43)2/h5-9,12-13,16-18,21-22,26H,10-11,14-15,19-20,36H2,1-4H3,(H,37,44)/t21-,26-/m1/s1. The molecule has 46 heavy (non-hydrogen) atoms. The number of nitrogens with two attached hydrogens (primary N) is 1. The lowest BCUT2D eigenvalue weighted by Crippen LogP contribution is -2.55. The van der Waals surface area contributed by atoms with Crippen LogP contribution in [0.5, 0.6) is 5.75 Å². The molecule has 1 saturated carbocycles. The van der Waals surface area contributed by atoms with Crippen LogP contribution in [-0.4, -0.2) is 74.2 Å². The Morgan fingerprint density at radius 2 is 1.80 bits per heavy atom. The summed E-state index contributed by atoms with van der Waals surface area (Å²) >= 11 is 0. The fraction of sp³-hybridized carbons (Fsp3) is 0.371. The molecule has 1 aliphatic carbocycles. The predicted molar refractivity (Wildman–Crippen MR) is 177 cm³/mol. The van der Waals surface area contributed by atoms with Gasteiger partial charge in [0.05, 0.1) is 36.6 Å². The summed E-state index contributed by atoms with van der Waals surface area (Å²) in [6, 6.07) is 18.7. The number of nitrogens with zero attached hydrogens (tertiary/aromatic N) is 6. The second kappa shape index (κ2) is 11.9. The van der Waals surface area contributed by atoms with Gasteiger partial charge in [0.2, 0.25) is 0 Å². The molecule has 4 heterocycles. The second-order valence-electron chi connectivity index (χ2n) is 12.7. The molecule has 2 fully saturated rings. The van der Waals surface area contributed by atoms with Gasteiger partial charge in [-0.1, -0.05) is 18.2 Å². The van der Waals surface area contributed by atoms with Crippen LogP contribution >= 0.6 is 0 Å². The predicted octanol–water partition coefficient (Wildman–Crippen LogP) is 4.52. The Bertz CT molecular complexity index is 1940. The van der Waals surface area contributed by atoms with E-state index in [-0.39, 0.29) is 23.9 Å². The van der Waals surface area contributed by atoms with Crippen molar-refractivity contribution in [3.63, 3.8) is 0 Å². The van der Waals surface area contributed by atoms with Crippen LogP contribution in [0.3, 0.4) is 0 Å². The van der Waals surface area contributed by atoms with Crippen LogP contribution < -0.4 is 15.8 Å². The van der Waals surface area contributed by atoms with Crippen LogP contribution in [-0.2, 0) is 13.6 Å². The number of ether oxygens (including phenoxy) is 1. The van der Waals surface area contributed by atoms with Crippen molar-refractivity contribution in [3.05, 3.63) is 77.5 Å². The van der Waals surface area contributed by atoms with E-state index in [1.54, 1.807) is 30.3 Å². The van der Waals surface area contributed by atoms with E-state index in [1.807, 2.05) is 60.9 Å². The summed E-state index contributed by atoms with van der Waals surface area (Å²) in [5.74, 6) is 1.67. The van der Waals surface area contributed by atoms with Crippen molar-refractivity contribution in [1.29, 1.82) is 0 Å². The van der Waals surface area contributed by atoms with E-state index in [9.17, 15) is 9.59 Å². The molecule has 238 valence electrons. The molecule has 7 rings (SSSR count). The van der Waals surface area contributed by atoms with Crippen molar-refractivity contribution in [2.24, 2.45) is 18.7 Å². The lowest BCUT2D eigenvalue weighted by molar-refractivity contribution is -0.0168. The number of pyridine rings is 1. The highest BCUT2D eigenvalue weighted by molar-refractivity contribution is 6.00. The van der Waals surface area contributed by atoms with Gasteiger partial charge in [0.15, 0.2) is 5.82 Å². The topological polar surface area (TPSA) is 124 Å². The maximum absolute atomic E-state index is 13.7. The molecule has 1 saturated heterocycles. The lowest BCUT2D eigenvalue weighted by atomic mass is 10.1. The van der Waals surface area contributed by atoms with E-state index in [0.29, 0.717) is 34.9 Å². The third-order valence-corrected chi connectivity index (χ3v) is 9.24. The number of fused-ring (bicyclic) bond motifs is 2. The minimum absolute atomic E-state index is 0.0575. The van der Waals surface area contributed by atoms with Gasteiger partial charge in [0.1, 0.15) is 16.9 Å². The molecule has 5 aromatic rings. The minimum Gasteiger partial charge on any atom is -0.494 e. The van der Waals surface area contributed by atoms with Crippen molar-refractivity contribution >= 4 is 33.9 Å². The van der Waals surface area contributed by atoms with Crippen molar-refractivity contribution in [2.45, 2.75) is 44.8 Å². The maximum atomic E-state index is 13.7. The fourth-order valence-electron chi connectivity index (χ4n) is 6.39. The van der Waals surface area contributed by atoms with Gasteiger partial charge in [-0.2, -0.15) is 0 Å². The highest BCUT2D eigenvalue weighted by Crippen LogP contribution is 2.38. The summed E-state index contributed by atoms with van der Waals surface area (Å²) in [4.78, 5) is 36.7. The summed E-state index contributed by atoms with van der Waals surface area (Å²) in [6.07, 6.45) is 3.20. The number of rotatable bonds is 8. The lowest BCUT2D eigenvalue weighted by Gasteiger charge is -2.38. The van der Waals surface area contributed by atoms with E-state index in [0.717, 1.165) is 53.3 Å². The van der Waals surface area contributed by atoms with Gasteiger partial charge in [-0.15, -0.1) is 0 Å². The zero-order chi connectivity index (χ0) is 32.1. The van der Waals surface area contributed by atoms with Crippen LogP contribution in [0.4, 0.5) is 0 Å². The zero-order valence-corrected chi connectivity index (χ0v) is 26.7. The Hall–Kier alpha value is -4.74. The van der Waals surface area contributed by atoms with Crippen LogP contribution in [0.25, 0.3) is 33.6 Å². The molecular weight excluding hydrogens is 580 g/mol. The summed E-state index contributed by atoms with van der Waals surface area (Å²) in [6.45, 7) is 3.97. The number of carbonyl (C=O) groups excluding carboxylic acids is 2. The molecular formula is C35H40N8O3. The van der Waals surface area contributed by atoms with Crippen LogP contribution in [0, 0.1) is 5.92 Å². The van der Waals surface area contributed by atoms with E-state index < -0.39 is 0 Å². The number of nitrogens with one attached hydrogen (secondary N) is 1. The smallest absolute Gasteiger partial charge is 0.268 e. The number of carbonyl (C=O) groups is 2. The molecule has 0 unspecified atom stereocenters. The molecule has 11 nitrogen and oxygen atoms in total. The summed E-state index contributed by atoms with van der Waals surface area (Å²) in [5, 5.41) is 7.72. The molecule has 2 aliphatic rings. The quantitative estimate of drug-likeness (QED) is 0.262. The first-order valence-corrected chi connectivity index (χ1v) is 15.9. The normalized spacial score (nSPS) is 17.8. The van der Waals surface area contributed by atoms with Gasteiger partial charge in [-0.25, -0.2) is 15.0 Å². The number of amides is 2. The molecule has 0 spiro atoms. The molecule has 0 radical (unpaired) electrons. The van der Waals surface area contributed by atoms with Crippen molar-refractivity contribution in [1.82, 2.24) is 34.4 Å². The van der Waals surface area contributed by atoms with E-state index in [2.05, 4.69) is 22.0 Å². The average molecular weight is 621 g/mol. The molecule has 2 atom stereocenters. The number of hydrogen-bond acceptors (Lipinski definition) is 7. The third-order valence-electron chi connectivity index (χ3n) is 9.24.